The molecule has 2 saturated carbocycles. The first-order valence-electron chi connectivity index (χ1n) is 7.89. The zero-order valence-corrected chi connectivity index (χ0v) is 12.7. The molecule has 0 aromatic heterocycles. The third-order valence-electron chi connectivity index (χ3n) is 5.35. The first kappa shape index (κ1) is 14.3. The van der Waals surface area contributed by atoms with E-state index in [1.54, 1.807) is 0 Å². The molecule has 0 aromatic carbocycles. The van der Waals surface area contributed by atoms with Crippen molar-refractivity contribution in [3.05, 3.63) is 0 Å². The van der Waals surface area contributed by atoms with Crippen LogP contribution in [0.5, 0.6) is 0 Å². The Balaban J connectivity index is 1.82. The molecule has 106 valence electrons. The highest BCUT2D eigenvalue weighted by Gasteiger charge is 2.33. The zero-order valence-electron chi connectivity index (χ0n) is 12.7. The van der Waals surface area contributed by atoms with Crippen molar-refractivity contribution in [2.24, 2.45) is 11.1 Å². The molecule has 0 bridgehead atoms. The lowest BCUT2D eigenvalue weighted by atomic mass is 9.75. The highest BCUT2D eigenvalue weighted by molar-refractivity contribution is 4.92. The molecule has 0 spiro atoms. The molecular formula is C16H32N2. The van der Waals surface area contributed by atoms with E-state index in [0.29, 0.717) is 5.41 Å². The van der Waals surface area contributed by atoms with Crippen molar-refractivity contribution in [1.82, 2.24) is 4.90 Å². The highest BCUT2D eigenvalue weighted by atomic mass is 15.2. The van der Waals surface area contributed by atoms with E-state index in [1.807, 2.05) is 0 Å². The Bertz CT molecular complexity index is 256. The van der Waals surface area contributed by atoms with Crippen LogP contribution in [0, 0.1) is 5.41 Å². The first-order valence-corrected chi connectivity index (χ1v) is 7.89. The van der Waals surface area contributed by atoms with E-state index in [2.05, 4.69) is 25.8 Å². The highest BCUT2D eigenvalue weighted by Crippen LogP contribution is 2.37. The van der Waals surface area contributed by atoms with Gasteiger partial charge in [0.25, 0.3) is 0 Å². The summed E-state index contributed by atoms with van der Waals surface area (Å²) in [6.07, 6.45) is 12.0. The van der Waals surface area contributed by atoms with Gasteiger partial charge in [-0.05, 0) is 51.0 Å². The van der Waals surface area contributed by atoms with Crippen molar-refractivity contribution >= 4 is 0 Å². The van der Waals surface area contributed by atoms with Crippen molar-refractivity contribution < 1.29 is 0 Å². The molecule has 0 amide bonds. The fourth-order valence-corrected chi connectivity index (χ4v) is 3.86. The van der Waals surface area contributed by atoms with Gasteiger partial charge in [0.1, 0.15) is 0 Å². The van der Waals surface area contributed by atoms with Gasteiger partial charge in [0.05, 0.1) is 0 Å². The molecule has 2 rings (SSSR count). The van der Waals surface area contributed by atoms with E-state index < -0.39 is 0 Å². The summed E-state index contributed by atoms with van der Waals surface area (Å²) in [7, 11) is 2.30. The van der Waals surface area contributed by atoms with Crippen LogP contribution < -0.4 is 5.73 Å². The van der Waals surface area contributed by atoms with E-state index in [1.165, 1.54) is 57.8 Å². The van der Waals surface area contributed by atoms with Gasteiger partial charge in [-0.25, -0.2) is 0 Å². The van der Waals surface area contributed by atoms with Crippen LogP contribution in [-0.4, -0.2) is 30.1 Å². The van der Waals surface area contributed by atoms with Gasteiger partial charge in [-0.2, -0.15) is 0 Å². The Hall–Kier alpha value is -0.0800. The molecule has 0 unspecified atom stereocenters. The van der Waals surface area contributed by atoms with Gasteiger partial charge in [-0.1, -0.05) is 33.1 Å². The fourth-order valence-electron chi connectivity index (χ4n) is 3.86. The molecule has 0 aliphatic heterocycles. The van der Waals surface area contributed by atoms with Gasteiger partial charge in [-0.15, -0.1) is 0 Å². The molecule has 18 heavy (non-hydrogen) atoms. The topological polar surface area (TPSA) is 29.3 Å². The summed E-state index contributed by atoms with van der Waals surface area (Å²) < 4.78 is 0. The maximum Gasteiger partial charge on any atom is 0.0283 e. The van der Waals surface area contributed by atoms with Gasteiger partial charge >= 0.3 is 0 Å². The van der Waals surface area contributed by atoms with E-state index in [9.17, 15) is 0 Å². The summed E-state index contributed by atoms with van der Waals surface area (Å²) in [6, 6.07) is 0.778. The second kappa shape index (κ2) is 5.50. The minimum Gasteiger partial charge on any atom is -0.324 e. The second-order valence-corrected chi connectivity index (χ2v) is 7.73. The van der Waals surface area contributed by atoms with Crippen LogP contribution in [0.15, 0.2) is 0 Å². The van der Waals surface area contributed by atoms with Crippen LogP contribution in [0.1, 0.15) is 71.6 Å². The van der Waals surface area contributed by atoms with Gasteiger partial charge in [0.15, 0.2) is 0 Å². The van der Waals surface area contributed by atoms with Crippen molar-refractivity contribution in [1.29, 1.82) is 0 Å². The lowest BCUT2D eigenvalue weighted by molar-refractivity contribution is 0.0973. The Morgan fingerprint density at radius 3 is 2.11 bits per heavy atom. The maximum atomic E-state index is 6.58. The van der Waals surface area contributed by atoms with Crippen molar-refractivity contribution in [3.63, 3.8) is 0 Å². The van der Waals surface area contributed by atoms with Crippen LogP contribution >= 0.6 is 0 Å². The van der Waals surface area contributed by atoms with E-state index >= 15 is 0 Å². The van der Waals surface area contributed by atoms with Crippen molar-refractivity contribution in [3.8, 4) is 0 Å². The number of hydrogen-bond donors (Lipinski definition) is 1. The smallest absolute Gasteiger partial charge is 0.0283 e. The Kier molecular flexibility index (Phi) is 4.38. The third kappa shape index (κ3) is 3.71. The summed E-state index contributed by atoms with van der Waals surface area (Å²) in [6.45, 7) is 5.93. The zero-order chi connectivity index (χ0) is 13.2. The molecule has 2 fully saturated rings. The van der Waals surface area contributed by atoms with E-state index in [-0.39, 0.29) is 5.54 Å². The van der Waals surface area contributed by atoms with Gasteiger partial charge < -0.3 is 10.6 Å². The van der Waals surface area contributed by atoms with Crippen LogP contribution in [-0.2, 0) is 0 Å². The lowest BCUT2D eigenvalue weighted by Crippen LogP contribution is -2.53. The average molecular weight is 252 g/mol. The summed E-state index contributed by atoms with van der Waals surface area (Å²) in [5.41, 5.74) is 7.26. The predicted molar refractivity (Wildman–Crippen MR) is 78.7 cm³/mol. The fraction of sp³-hybridized carbons (Fsp3) is 1.00. The molecule has 0 heterocycles. The minimum atomic E-state index is 0.111. The van der Waals surface area contributed by atoms with Gasteiger partial charge in [0, 0.05) is 18.1 Å². The van der Waals surface area contributed by atoms with E-state index in [4.69, 9.17) is 5.73 Å². The quantitative estimate of drug-likeness (QED) is 0.832. The molecular weight excluding hydrogens is 220 g/mol. The Morgan fingerprint density at radius 2 is 1.56 bits per heavy atom. The third-order valence-corrected chi connectivity index (χ3v) is 5.35. The molecule has 2 N–H and O–H groups in total. The molecule has 2 heteroatoms. The monoisotopic (exact) mass is 252 g/mol. The molecule has 0 saturated heterocycles. The Morgan fingerprint density at radius 1 is 1.00 bits per heavy atom. The number of nitrogens with two attached hydrogens (primary N) is 1. The minimum absolute atomic E-state index is 0.111. The standard InChI is InChI=1S/C16H32N2/c1-15(2)11-7-14(8-12-15)18(3)13-16(17)9-5-4-6-10-16/h14H,4-13,17H2,1-3H3. The SMILES string of the molecule is CN(CC1(N)CCCCC1)C1CCC(C)(C)CC1. The van der Waals surface area contributed by atoms with Crippen LogP contribution in [0.3, 0.4) is 0 Å². The summed E-state index contributed by atoms with van der Waals surface area (Å²) in [5, 5.41) is 0. The first-order chi connectivity index (χ1) is 8.40. The molecule has 0 radical (unpaired) electrons. The number of hydrogen-bond acceptors (Lipinski definition) is 2. The molecule has 2 aliphatic rings. The van der Waals surface area contributed by atoms with Crippen LogP contribution in [0.2, 0.25) is 0 Å². The van der Waals surface area contributed by atoms with Crippen molar-refractivity contribution in [2.45, 2.75) is 83.2 Å². The number of rotatable bonds is 3. The summed E-state index contributed by atoms with van der Waals surface area (Å²) in [4.78, 5) is 2.57. The average Bonchev–Trinajstić information content (AvgIpc) is 2.29. The predicted octanol–water partition coefficient (Wildman–Crippen LogP) is 3.55. The molecule has 2 nitrogen and oxygen atoms in total. The van der Waals surface area contributed by atoms with Crippen molar-refractivity contribution in [2.75, 3.05) is 13.6 Å². The normalized spacial score (nSPS) is 28.5. The number of nitrogens with zero attached hydrogens (tertiary/aromatic N) is 1. The molecule has 0 aromatic rings. The van der Waals surface area contributed by atoms with Crippen LogP contribution in [0.25, 0.3) is 0 Å². The second-order valence-electron chi connectivity index (χ2n) is 7.73. The summed E-state index contributed by atoms with van der Waals surface area (Å²) >= 11 is 0. The number of likely N-dealkylation sites (N-methyl/N-ethyl adjacent to an activating group) is 1. The summed E-state index contributed by atoms with van der Waals surface area (Å²) in [5.74, 6) is 0. The maximum absolute atomic E-state index is 6.58. The molecule has 0 atom stereocenters. The largest absolute Gasteiger partial charge is 0.324 e. The lowest BCUT2D eigenvalue weighted by Gasteiger charge is -2.43. The van der Waals surface area contributed by atoms with Gasteiger partial charge in [-0.3, -0.25) is 0 Å². The van der Waals surface area contributed by atoms with Gasteiger partial charge in [0.2, 0.25) is 0 Å². The Labute approximate surface area is 113 Å². The molecule has 2 aliphatic carbocycles. The van der Waals surface area contributed by atoms with E-state index in [0.717, 1.165) is 12.6 Å². The van der Waals surface area contributed by atoms with Crippen LogP contribution in [0.4, 0.5) is 0 Å².